The number of hydrogen-bond donors (Lipinski definition) is 3. The van der Waals surface area contributed by atoms with Gasteiger partial charge in [-0.15, -0.1) is 0 Å². The molecule has 2 unspecified atom stereocenters. The van der Waals surface area contributed by atoms with Crippen LogP contribution in [0.5, 0.6) is 0 Å². The highest BCUT2D eigenvalue weighted by atomic mass is 19.4. The van der Waals surface area contributed by atoms with Gasteiger partial charge in [0.25, 0.3) is 0 Å². The predicted molar refractivity (Wildman–Crippen MR) is 89.5 cm³/mol. The summed E-state index contributed by atoms with van der Waals surface area (Å²) in [5, 5.41) is 22.3. The number of ether oxygens (including phenoxy) is 1. The summed E-state index contributed by atoms with van der Waals surface area (Å²) >= 11 is 0. The van der Waals surface area contributed by atoms with Crippen LogP contribution in [0.15, 0.2) is 48.8 Å². The number of aliphatic hydroxyl groups is 2. The largest absolute Gasteiger partial charge is 0.445 e. The number of aliphatic hydroxyl groups excluding tert-OH is 2. The van der Waals surface area contributed by atoms with Crippen LogP contribution in [0.25, 0.3) is 0 Å². The Morgan fingerprint density at radius 3 is 2.56 bits per heavy atom. The molecule has 146 valence electrons. The van der Waals surface area contributed by atoms with E-state index in [2.05, 4.69) is 10.3 Å². The molecular weight excluding hydrogens is 365 g/mol. The zero-order valence-electron chi connectivity index (χ0n) is 14.2. The first-order valence-electron chi connectivity index (χ1n) is 8.10. The first-order valence-corrected chi connectivity index (χ1v) is 8.10. The normalized spacial score (nSPS) is 13.7. The zero-order chi connectivity index (χ0) is 19.9. The first kappa shape index (κ1) is 20.7. The fraction of sp³-hybridized carbons (Fsp3) is 0.333. The molecule has 0 aliphatic rings. The first-order chi connectivity index (χ1) is 12.8. The molecule has 0 aliphatic carbocycles. The van der Waals surface area contributed by atoms with Gasteiger partial charge >= 0.3 is 12.3 Å². The molecule has 1 aromatic carbocycles. The van der Waals surface area contributed by atoms with E-state index in [1.54, 1.807) is 24.3 Å². The van der Waals surface area contributed by atoms with E-state index in [0.717, 1.165) is 17.8 Å². The number of nitrogens with one attached hydrogen (secondary N) is 1. The van der Waals surface area contributed by atoms with Gasteiger partial charge in [-0.3, -0.25) is 4.98 Å². The number of amides is 1. The second kappa shape index (κ2) is 9.33. The molecule has 2 atom stereocenters. The van der Waals surface area contributed by atoms with Gasteiger partial charge in [0.15, 0.2) is 0 Å². The number of pyridine rings is 1. The van der Waals surface area contributed by atoms with Crippen molar-refractivity contribution >= 4 is 6.09 Å². The topological polar surface area (TPSA) is 91.7 Å². The van der Waals surface area contributed by atoms with Gasteiger partial charge < -0.3 is 20.3 Å². The van der Waals surface area contributed by atoms with E-state index < -0.39 is 30.0 Å². The smallest absolute Gasteiger partial charge is 0.417 e. The maximum absolute atomic E-state index is 12.7. The summed E-state index contributed by atoms with van der Waals surface area (Å²) in [5.74, 6) is 0. The van der Waals surface area contributed by atoms with Crippen LogP contribution in [0.2, 0.25) is 0 Å². The number of benzene rings is 1. The number of alkyl carbamates (subject to hydrolysis) is 1. The van der Waals surface area contributed by atoms with Gasteiger partial charge in [-0.2, -0.15) is 13.2 Å². The van der Waals surface area contributed by atoms with Gasteiger partial charge in [0, 0.05) is 24.5 Å². The zero-order valence-corrected chi connectivity index (χ0v) is 14.2. The van der Waals surface area contributed by atoms with E-state index in [4.69, 9.17) is 4.74 Å². The molecule has 6 nitrogen and oxygen atoms in total. The monoisotopic (exact) mass is 384 g/mol. The van der Waals surface area contributed by atoms with E-state index >= 15 is 0 Å². The Morgan fingerprint density at radius 2 is 1.89 bits per heavy atom. The number of carbonyl (C=O) groups is 1. The molecule has 1 amide bonds. The second-order valence-electron chi connectivity index (χ2n) is 5.79. The summed E-state index contributed by atoms with van der Waals surface area (Å²) in [5.41, 5.74) is -0.377. The average Bonchev–Trinajstić information content (AvgIpc) is 2.66. The van der Waals surface area contributed by atoms with Gasteiger partial charge in [-0.05, 0) is 18.1 Å². The maximum Gasteiger partial charge on any atom is 0.417 e. The quantitative estimate of drug-likeness (QED) is 0.683. The Hall–Kier alpha value is -2.65. The molecule has 0 fully saturated rings. The fourth-order valence-corrected chi connectivity index (χ4v) is 2.25. The predicted octanol–water partition coefficient (Wildman–Crippen LogP) is 2.81. The highest BCUT2D eigenvalue weighted by Gasteiger charge is 2.32. The Kier molecular flexibility index (Phi) is 7.14. The molecule has 0 aliphatic heterocycles. The van der Waals surface area contributed by atoms with Crippen LogP contribution in [0.1, 0.15) is 29.2 Å². The molecule has 0 bridgehead atoms. The molecule has 3 N–H and O–H groups in total. The third-order valence-corrected chi connectivity index (χ3v) is 3.71. The number of nitrogens with zero attached hydrogens (tertiary/aromatic N) is 1. The van der Waals surface area contributed by atoms with Gasteiger partial charge in [0.1, 0.15) is 12.7 Å². The van der Waals surface area contributed by atoms with Crippen molar-refractivity contribution in [1.29, 1.82) is 0 Å². The van der Waals surface area contributed by atoms with Crippen molar-refractivity contribution in [3.05, 3.63) is 65.5 Å². The Bertz CT molecular complexity index is 741. The summed E-state index contributed by atoms with van der Waals surface area (Å²) in [6, 6.07) is 9.74. The highest BCUT2D eigenvalue weighted by molar-refractivity contribution is 5.67. The standard InChI is InChI=1S/C18H19F3N2O4/c19-18(20,21)14-8-13(9-22-10-14)16(25)15(24)6-7-23-17(26)27-11-12-4-2-1-3-5-12/h1-5,8-10,15-16,24-25H,6-7,11H2,(H,23,26). The van der Waals surface area contributed by atoms with Gasteiger partial charge in [-0.1, -0.05) is 30.3 Å². The van der Waals surface area contributed by atoms with Gasteiger partial charge in [0.05, 0.1) is 11.7 Å². The summed E-state index contributed by atoms with van der Waals surface area (Å²) in [6.07, 6.45) is -6.67. The van der Waals surface area contributed by atoms with Gasteiger partial charge in [0.2, 0.25) is 0 Å². The second-order valence-corrected chi connectivity index (χ2v) is 5.79. The minimum absolute atomic E-state index is 0.0295. The number of carbonyl (C=O) groups excluding carboxylic acids is 1. The van der Waals surface area contributed by atoms with Gasteiger partial charge in [-0.25, -0.2) is 4.79 Å². The lowest BCUT2D eigenvalue weighted by Gasteiger charge is -2.19. The van der Waals surface area contributed by atoms with Crippen molar-refractivity contribution in [2.45, 2.75) is 31.4 Å². The van der Waals surface area contributed by atoms with Crippen LogP contribution in [-0.2, 0) is 17.5 Å². The summed E-state index contributed by atoms with van der Waals surface area (Å²) in [6.45, 7) is 0.0476. The summed E-state index contributed by atoms with van der Waals surface area (Å²) < 4.78 is 43.0. The molecule has 0 saturated heterocycles. The number of aromatic nitrogens is 1. The average molecular weight is 384 g/mol. The minimum Gasteiger partial charge on any atom is -0.445 e. The molecule has 27 heavy (non-hydrogen) atoms. The van der Waals surface area contributed by atoms with Crippen LogP contribution in [0, 0.1) is 0 Å². The Balaban J connectivity index is 1.78. The highest BCUT2D eigenvalue weighted by Crippen LogP contribution is 2.30. The molecule has 0 radical (unpaired) electrons. The van der Waals surface area contributed by atoms with Crippen molar-refractivity contribution in [2.24, 2.45) is 0 Å². The third kappa shape index (κ3) is 6.54. The molecular formula is C18H19F3N2O4. The SMILES string of the molecule is O=C(NCCC(O)C(O)c1cncc(C(F)(F)F)c1)OCc1ccccc1. The lowest BCUT2D eigenvalue weighted by Crippen LogP contribution is -2.30. The van der Waals surface area contributed by atoms with Crippen molar-refractivity contribution in [3.63, 3.8) is 0 Å². The third-order valence-electron chi connectivity index (χ3n) is 3.71. The van der Waals surface area contributed by atoms with E-state index in [9.17, 15) is 28.2 Å². The maximum atomic E-state index is 12.7. The van der Waals surface area contributed by atoms with E-state index in [1.807, 2.05) is 6.07 Å². The van der Waals surface area contributed by atoms with Crippen molar-refractivity contribution < 1.29 is 32.9 Å². The molecule has 0 saturated carbocycles. The molecule has 1 heterocycles. The fourth-order valence-electron chi connectivity index (χ4n) is 2.25. The molecule has 2 aromatic rings. The van der Waals surface area contributed by atoms with Crippen LogP contribution in [-0.4, -0.2) is 33.9 Å². The molecule has 9 heteroatoms. The minimum atomic E-state index is -4.60. The van der Waals surface area contributed by atoms with E-state index in [1.165, 1.54) is 0 Å². The number of hydrogen-bond acceptors (Lipinski definition) is 5. The Morgan fingerprint density at radius 1 is 1.19 bits per heavy atom. The number of halogens is 3. The van der Waals surface area contributed by atoms with E-state index in [0.29, 0.717) is 6.20 Å². The number of alkyl halides is 3. The van der Waals surface area contributed by atoms with Crippen LogP contribution < -0.4 is 5.32 Å². The summed E-state index contributed by atoms with van der Waals surface area (Å²) in [4.78, 5) is 15.0. The van der Waals surface area contributed by atoms with Crippen LogP contribution in [0.3, 0.4) is 0 Å². The lowest BCUT2D eigenvalue weighted by molar-refractivity contribution is -0.138. The van der Waals surface area contributed by atoms with Crippen molar-refractivity contribution in [1.82, 2.24) is 10.3 Å². The van der Waals surface area contributed by atoms with Crippen LogP contribution in [0.4, 0.5) is 18.0 Å². The lowest BCUT2D eigenvalue weighted by atomic mass is 10.0. The summed E-state index contributed by atoms with van der Waals surface area (Å²) in [7, 11) is 0. The molecule has 1 aromatic heterocycles. The van der Waals surface area contributed by atoms with E-state index in [-0.39, 0.29) is 25.1 Å². The molecule has 2 rings (SSSR count). The van der Waals surface area contributed by atoms with Crippen molar-refractivity contribution in [3.8, 4) is 0 Å². The Labute approximate surface area is 153 Å². The van der Waals surface area contributed by atoms with Crippen LogP contribution >= 0.6 is 0 Å². The number of rotatable bonds is 7. The van der Waals surface area contributed by atoms with Crippen molar-refractivity contribution in [2.75, 3.05) is 6.54 Å². The molecule has 0 spiro atoms.